The van der Waals surface area contributed by atoms with E-state index in [9.17, 15) is 9.18 Å². The molecule has 0 spiro atoms. The molecule has 0 bridgehead atoms. The maximum Gasteiger partial charge on any atom is 0.276 e. The van der Waals surface area contributed by atoms with Gasteiger partial charge in [-0.3, -0.25) is 4.79 Å². The fourth-order valence-electron chi connectivity index (χ4n) is 3.53. The van der Waals surface area contributed by atoms with Crippen molar-refractivity contribution >= 4 is 17.5 Å². The zero-order valence-corrected chi connectivity index (χ0v) is 15.5. The molecule has 0 aliphatic carbocycles. The molecule has 9 heteroatoms. The summed E-state index contributed by atoms with van der Waals surface area (Å²) >= 11 is 5.87. The van der Waals surface area contributed by atoms with E-state index in [1.165, 1.54) is 6.07 Å². The van der Waals surface area contributed by atoms with Crippen LogP contribution in [-0.4, -0.2) is 58.6 Å². The van der Waals surface area contributed by atoms with E-state index in [1.54, 1.807) is 27.9 Å². The molecule has 0 saturated carbocycles. The van der Waals surface area contributed by atoms with Crippen LogP contribution in [0.4, 0.5) is 4.39 Å². The van der Waals surface area contributed by atoms with Gasteiger partial charge in [-0.1, -0.05) is 22.9 Å². The third kappa shape index (κ3) is 3.97. The largest absolute Gasteiger partial charge is 0.370 e. The SMILES string of the molecule is O=C(c1cn(C2CCNCC2)nn1)N1CCOC(c2ccc(F)c(Cl)c2)C1. The van der Waals surface area contributed by atoms with Crippen molar-refractivity contribution < 1.29 is 13.9 Å². The Morgan fingerprint density at radius 3 is 2.93 bits per heavy atom. The van der Waals surface area contributed by atoms with Crippen LogP contribution in [0, 0.1) is 5.82 Å². The van der Waals surface area contributed by atoms with Gasteiger partial charge >= 0.3 is 0 Å². The molecule has 2 saturated heterocycles. The maximum absolute atomic E-state index is 13.4. The molecule has 1 N–H and O–H groups in total. The lowest BCUT2D eigenvalue weighted by Gasteiger charge is -2.32. The monoisotopic (exact) mass is 393 g/mol. The van der Waals surface area contributed by atoms with E-state index < -0.39 is 5.82 Å². The summed E-state index contributed by atoms with van der Waals surface area (Å²) in [5, 5.41) is 11.6. The number of nitrogens with zero attached hydrogens (tertiary/aromatic N) is 4. The fourth-order valence-corrected chi connectivity index (χ4v) is 3.72. The van der Waals surface area contributed by atoms with Crippen LogP contribution in [-0.2, 0) is 4.74 Å². The van der Waals surface area contributed by atoms with Gasteiger partial charge in [0.15, 0.2) is 5.69 Å². The molecule has 4 rings (SSSR count). The molecule has 2 aromatic rings. The Hall–Kier alpha value is -2.03. The van der Waals surface area contributed by atoms with Gasteiger partial charge in [0, 0.05) is 6.54 Å². The van der Waals surface area contributed by atoms with Crippen LogP contribution in [0.1, 0.15) is 41.0 Å². The van der Waals surface area contributed by atoms with Gasteiger partial charge < -0.3 is 15.0 Å². The third-order valence-corrected chi connectivity index (χ3v) is 5.37. The highest BCUT2D eigenvalue weighted by Crippen LogP contribution is 2.27. The normalized spacial score (nSPS) is 21.4. The average Bonchev–Trinajstić information content (AvgIpc) is 3.20. The summed E-state index contributed by atoms with van der Waals surface area (Å²) in [6.45, 7) is 3.12. The van der Waals surface area contributed by atoms with Gasteiger partial charge in [-0.05, 0) is 43.6 Å². The number of halogens is 2. The molecule has 0 radical (unpaired) electrons. The molecule has 144 valence electrons. The molecule has 1 aromatic carbocycles. The Labute approximate surface area is 161 Å². The Morgan fingerprint density at radius 1 is 1.33 bits per heavy atom. The van der Waals surface area contributed by atoms with E-state index >= 15 is 0 Å². The minimum atomic E-state index is -0.473. The average molecular weight is 394 g/mol. The lowest BCUT2D eigenvalue weighted by atomic mass is 10.1. The second-order valence-electron chi connectivity index (χ2n) is 6.85. The van der Waals surface area contributed by atoms with E-state index in [-0.39, 0.29) is 23.1 Å². The number of rotatable bonds is 3. The fraction of sp³-hybridized carbons (Fsp3) is 0.500. The first kappa shape index (κ1) is 18.3. The van der Waals surface area contributed by atoms with Crippen molar-refractivity contribution in [2.45, 2.75) is 25.0 Å². The van der Waals surface area contributed by atoms with Crippen LogP contribution in [0.2, 0.25) is 5.02 Å². The standard InChI is InChI=1S/C18H21ClFN5O2/c19-14-9-12(1-2-15(14)20)17-11-24(7-8-27-17)18(26)16-10-25(23-22-16)13-3-5-21-6-4-13/h1-2,9-10,13,17,21H,3-8,11H2. The van der Waals surface area contributed by atoms with Crippen LogP contribution in [0.25, 0.3) is 0 Å². The molecule has 1 unspecified atom stereocenters. The van der Waals surface area contributed by atoms with Crippen molar-refractivity contribution in [3.8, 4) is 0 Å². The molecule has 3 heterocycles. The summed E-state index contributed by atoms with van der Waals surface area (Å²) in [7, 11) is 0. The van der Waals surface area contributed by atoms with E-state index in [4.69, 9.17) is 16.3 Å². The van der Waals surface area contributed by atoms with Crippen molar-refractivity contribution in [3.63, 3.8) is 0 Å². The quantitative estimate of drug-likeness (QED) is 0.865. The highest BCUT2D eigenvalue weighted by molar-refractivity contribution is 6.30. The van der Waals surface area contributed by atoms with Crippen molar-refractivity contribution in [1.29, 1.82) is 0 Å². The number of aromatic nitrogens is 3. The highest BCUT2D eigenvalue weighted by atomic mass is 35.5. The molecule has 1 atom stereocenters. The summed E-state index contributed by atoms with van der Waals surface area (Å²) in [5.74, 6) is -0.643. The molecule has 2 aliphatic rings. The van der Waals surface area contributed by atoms with Crippen molar-refractivity contribution in [1.82, 2.24) is 25.2 Å². The highest BCUT2D eigenvalue weighted by Gasteiger charge is 2.28. The first-order valence-corrected chi connectivity index (χ1v) is 9.48. The number of hydrogen-bond donors (Lipinski definition) is 1. The molecule has 1 aromatic heterocycles. The van der Waals surface area contributed by atoms with Crippen molar-refractivity contribution in [3.05, 3.63) is 46.5 Å². The van der Waals surface area contributed by atoms with Crippen LogP contribution in [0.15, 0.2) is 24.4 Å². The summed E-state index contributed by atoms with van der Waals surface area (Å²) < 4.78 is 20.9. The first-order valence-electron chi connectivity index (χ1n) is 9.10. The van der Waals surface area contributed by atoms with Crippen LogP contribution in [0.3, 0.4) is 0 Å². The number of amides is 1. The van der Waals surface area contributed by atoms with E-state index in [1.807, 2.05) is 0 Å². The Morgan fingerprint density at radius 2 is 2.15 bits per heavy atom. The van der Waals surface area contributed by atoms with Gasteiger partial charge in [-0.25, -0.2) is 9.07 Å². The zero-order valence-electron chi connectivity index (χ0n) is 14.8. The van der Waals surface area contributed by atoms with Crippen molar-refractivity contribution in [2.24, 2.45) is 0 Å². The second kappa shape index (κ2) is 7.92. The Kier molecular flexibility index (Phi) is 5.38. The Bertz CT molecular complexity index is 824. The predicted octanol–water partition coefficient (Wildman–Crippen LogP) is 2.21. The number of nitrogens with one attached hydrogen (secondary N) is 1. The number of carbonyl (C=O) groups excluding carboxylic acids is 1. The Balaban J connectivity index is 1.45. The number of ether oxygens (including phenoxy) is 1. The number of piperidine rings is 1. The van der Waals surface area contributed by atoms with Gasteiger partial charge in [0.1, 0.15) is 11.9 Å². The minimum absolute atomic E-state index is 0.0458. The van der Waals surface area contributed by atoms with Crippen LogP contribution < -0.4 is 5.32 Å². The molecular formula is C18H21ClFN5O2. The van der Waals surface area contributed by atoms with Crippen molar-refractivity contribution in [2.75, 3.05) is 32.8 Å². The maximum atomic E-state index is 13.4. The van der Waals surface area contributed by atoms with E-state index in [0.717, 1.165) is 31.5 Å². The predicted molar refractivity (Wildman–Crippen MR) is 97.2 cm³/mol. The topological polar surface area (TPSA) is 72.3 Å². The number of hydrogen-bond acceptors (Lipinski definition) is 5. The summed E-state index contributed by atoms with van der Waals surface area (Å²) in [6.07, 6.45) is 3.34. The first-order chi connectivity index (χ1) is 13.1. The van der Waals surface area contributed by atoms with Gasteiger partial charge in [0.2, 0.25) is 0 Å². The number of morpholine rings is 1. The molecule has 7 nitrogen and oxygen atoms in total. The lowest BCUT2D eigenvalue weighted by Crippen LogP contribution is -2.42. The molecule has 1 amide bonds. The zero-order chi connectivity index (χ0) is 18.8. The van der Waals surface area contributed by atoms with Gasteiger partial charge in [-0.15, -0.1) is 5.10 Å². The van der Waals surface area contributed by atoms with Gasteiger partial charge in [-0.2, -0.15) is 0 Å². The number of carbonyl (C=O) groups is 1. The third-order valence-electron chi connectivity index (χ3n) is 5.08. The summed E-state index contributed by atoms with van der Waals surface area (Å²) in [6, 6.07) is 4.77. The van der Waals surface area contributed by atoms with Gasteiger partial charge in [0.05, 0.1) is 30.4 Å². The van der Waals surface area contributed by atoms with Crippen LogP contribution in [0.5, 0.6) is 0 Å². The molecule has 2 fully saturated rings. The van der Waals surface area contributed by atoms with Gasteiger partial charge in [0.25, 0.3) is 5.91 Å². The molecule has 2 aliphatic heterocycles. The van der Waals surface area contributed by atoms with Crippen LogP contribution >= 0.6 is 11.6 Å². The molecular weight excluding hydrogens is 373 g/mol. The summed E-state index contributed by atoms with van der Waals surface area (Å²) in [4.78, 5) is 14.5. The lowest BCUT2D eigenvalue weighted by molar-refractivity contribution is -0.0230. The number of benzene rings is 1. The molecule has 27 heavy (non-hydrogen) atoms. The summed E-state index contributed by atoms with van der Waals surface area (Å²) in [5.41, 5.74) is 1.09. The smallest absolute Gasteiger partial charge is 0.276 e. The van der Waals surface area contributed by atoms with E-state index in [0.29, 0.717) is 25.4 Å². The minimum Gasteiger partial charge on any atom is -0.370 e. The second-order valence-corrected chi connectivity index (χ2v) is 7.26. The van der Waals surface area contributed by atoms with E-state index in [2.05, 4.69) is 15.6 Å².